The Kier molecular flexibility index (Phi) is 8.00. The van der Waals surface area contributed by atoms with Crippen LogP contribution < -0.4 is 30.9 Å². The molecule has 0 spiro atoms. The number of benzene rings is 3. The number of carboxylic acids is 1. The first-order valence-corrected chi connectivity index (χ1v) is 14.1. The molecule has 1 aliphatic heterocycles. The number of nitrogens with zero attached hydrogens (tertiary/aromatic N) is 2. The summed E-state index contributed by atoms with van der Waals surface area (Å²) in [4.78, 5) is 30.3. The first-order valence-electron chi connectivity index (χ1n) is 14.1. The van der Waals surface area contributed by atoms with Crippen molar-refractivity contribution >= 4 is 34.1 Å². The third-order valence-electron chi connectivity index (χ3n) is 7.53. The molecule has 3 aromatic carbocycles. The third-order valence-corrected chi connectivity index (χ3v) is 7.53. The summed E-state index contributed by atoms with van der Waals surface area (Å²) >= 11 is 0. The van der Waals surface area contributed by atoms with E-state index in [1.165, 1.54) is 6.20 Å². The Labute approximate surface area is 252 Å². The van der Waals surface area contributed by atoms with Crippen molar-refractivity contribution in [2.45, 2.75) is 12.6 Å². The highest BCUT2D eigenvalue weighted by Crippen LogP contribution is 2.45. The van der Waals surface area contributed by atoms with E-state index >= 15 is 4.39 Å². The van der Waals surface area contributed by atoms with Crippen molar-refractivity contribution in [2.75, 3.05) is 42.8 Å². The fourth-order valence-corrected chi connectivity index (χ4v) is 5.37. The van der Waals surface area contributed by atoms with Crippen LogP contribution >= 0.6 is 0 Å². The summed E-state index contributed by atoms with van der Waals surface area (Å²) in [7, 11) is 1.57. The van der Waals surface area contributed by atoms with Crippen LogP contribution in [0.2, 0.25) is 0 Å². The summed E-state index contributed by atoms with van der Waals surface area (Å²) in [5.74, 6) is -0.659. The van der Waals surface area contributed by atoms with Crippen LogP contribution in [-0.4, -0.2) is 47.4 Å². The Morgan fingerprint density at radius 2 is 1.77 bits per heavy atom. The molecular weight excluding hydrogens is 565 g/mol. The lowest BCUT2D eigenvalue weighted by atomic mass is 10.0. The molecule has 6 rings (SSSR count). The second kappa shape index (κ2) is 12.3. The number of ether oxygens (including phenoxy) is 2. The molecule has 224 valence electrons. The molecular formula is C33H30FN5O5. The number of carbonyl (C=O) groups is 1. The van der Waals surface area contributed by atoms with Crippen LogP contribution in [0.5, 0.6) is 11.5 Å². The minimum absolute atomic E-state index is 0.0697. The normalized spacial score (nSPS) is 13.6. The van der Waals surface area contributed by atoms with Gasteiger partial charge >= 0.3 is 5.97 Å². The molecule has 1 atom stereocenters. The predicted molar refractivity (Wildman–Crippen MR) is 167 cm³/mol. The maximum Gasteiger partial charge on any atom is 0.341 e. The van der Waals surface area contributed by atoms with E-state index in [1.54, 1.807) is 30.0 Å². The summed E-state index contributed by atoms with van der Waals surface area (Å²) in [6, 6.07) is 21.7. The lowest BCUT2D eigenvalue weighted by Crippen LogP contribution is -2.30. The highest BCUT2D eigenvalue weighted by atomic mass is 19.1. The molecule has 0 bridgehead atoms. The number of halogens is 1. The van der Waals surface area contributed by atoms with E-state index < -0.39 is 28.8 Å². The minimum Gasteiger partial charge on any atom is -0.497 e. The van der Waals surface area contributed by atoms with Crippen molar-refractivity contribution in [3.05, 3.63) is 118 Å². The Bertz CT molecular complexity index is 1860. The molecule has 10 nitrogen and oxygen atoms in total. The number of rotatable bonds is 11. The maximum atomic E-state index is 16.6. The molecule has 0 aliphatic carbocycles. The van der Waals surface area contributed by atoms with Crippen molar-refractivity contribution in [3.8, 4) is 11.5 Å². The van der Waals surface area contributed by atoms with Crippen LogP contribution in [0.15, 0.2) is 90.0 Å². The highest BCUT2D eigenvalue weighted by Gasteiger charge is 2.33. The van der Waals surface area contributed by atoms with Crippen LogP contribution in [0, 0.1) is 5.82 Å². The predicted octanol–water partition coefficient (Wildman–Crippen LogP) is 5.36. The van der Waals surface area contributed by atoms with Gasteiger partial charge in [0.15, 0.2) is 11.6 Å². The molecule has 5 aromatic rings. The molecule has 3 heterocycles. The summed E-state index contributed by atoms with van der Waals surface area (Å²) in [6.45, 7) is 0.982. The van der Waals surface area contributed by atoms with Gasteiger partial charge in [-0.3, -0.25) is 4.79 Å². The van der Waals surface area contributed by atoms with Gasteiger partial charge in [0.1, 0.15) is 29.4 Å². The second-order valence-corrected chi connectivity index (χ2v) is 10.2. The molecule has 0 unspecified atom stereocenters. The molecule has 0 saturated carbocycles. The van der Waals surface area contributed by atoms with E-state index in [2.05, 4.69) is 20.9 Å². The first-order chi connectivity index (χ1) is 21.5. The lowest BCUT2D eigenvalue weighted by Gasteiger charge is -2.32. The maximum absolute atomic E-state index is 16.6. The fraction of sp³-hybridized carbons (Fsp3) is 0.182. The zero-order chi connectivity index (χ0) is 30.6. The monoisotopic (exact) mass is 595 g/mol. The molecule has 0 saturated heterocycles. The summed E-state index contributed by atoms with van der Waals surface area (Å²) in [5, 5.41) is 19.3. The molecule has 2 aromatic heterocycles. The van der Waals surface area contributed by atoms with Gasteiger partial charge in [0, 0.05) is 32.0 Å². The Morgan fingerprint density at radius 3 is 2.48 bits per heavy atom. The van der Waals surface area contributed by atoms with Crippen molar-refractivity contribution in [1.29, 1.82) is 0 Å². The minimum atomic E-state index is -1.40. The quantitative estimate of drug-likeness (QED) is 0.149. The number of aromatic carboxylic acids is 1. The van der Waals surface area contributed by atoms with Crippen molar-refractivity contribution in [2.24, 2.45) is 0 Å². The van der Waals surface area contributed by atoms with E-state index in [4.69, 9.17) is 9.47 Å². The Balaban J connectivity index is 1.48. The Hall–Kier alpha value is -5.58. The van der Waals surface area contributed by atoms with E-state index in [1.807, 2.05) is 60.7 Å². The molecule has 0 radical (unpaired) electrons. The number of hydrogen-bond acceptors (Lipinski definition) is 8. The van der Waals surface area contributed by atoms with Gasteiger partial charge in [0.05, 0.1) is 29.7 Å². The van der Waals surface area contributed by atoms with Crippen LogP contribution in [0.3, 0.4) is 0 Å². The number of nitrogens with one attached hydrogen (secondary N) is 3. The first kappa shape index (κ1) is 28.5. The van der Waals surface area contributed by atoms with Gasteiger partial charge in [-0.05, 0) is 35.4 Å². The molecule has 1 aliphatic rings. The van der Waals surface area contributed by atoms with Gasteiger partial charge < -0.3 is 35.1 Å². The largest absolute Gasteiger partial charge is 0.497 e. The van der Waals surface area contributed by atoms with E-state index in [0.29, 0.717) is 30.2 Å². The second-order valence-electron chi connectivity index (χ2n) is 10.2. The average Bonchev–Trinajstić information content (AvgIpc) is 3.05. The van der Waals surface area contributed by atoms with Crippen LogP contribution in [-0.2, 0) is 6.54 Å². The Morgan fingerprint density at radius 1 is 1.02 bits per heavy atom. The molecule has 0 amide bonds. The summed E-state index contributed by atoms with van der Waals surface area (Å²) < 4.78 is 29.7. The average molecular weight is 596 g/mol. The van der Waals surface area contributed by atoms with Gasteiger partial charge in [-0.15, -0.1) is 0 Å². The van der Waals surface area contributed by atoms with Gasteiger partial charge in [0.2, 0.25) is 5.43 Å². The smallest absolute Gasteiger partial charge is 0.341 e. The SMILES string of the molecule is COc1ccc(CNc2c(F)c(NCCNc3ccccn3)c3c4c2c(=O)c(C(=O)O)cn4[C@H](c2ccccc2)CO3)cc1. The van der Waals surface area contributed by atoms with E-state index in [0.717, 1.165) is 11.1 Å². The number of carboxylic acid groups (broad SMARTS) is 1. The number of aromatic nitrogens is 2. The van der Waals surface area contributed by atoms with Crippen molar-refractivity contribution in [3.63, 3.8) is 0 Å². The lowest BCUT2D eigenvalue weighted by molar-refractivity contribution is 0.0694. The molecule has 11 heteroatoms. The summed E-state index contributed by atoms with van der Waals surface area (Å²) in [6.07, 6.45) is 3.00. The van der Waals surface area contributed by atoms with Crippen LogP contribution in [0.25, 0.3) is 10.9 Å². The number of anilines is 3. The highest BCUT2D eigenvalue weighted by molar-refractivity contribution is 6.04. The van der Waals surface area contributed by atoms with Crippen molar-refractivity contribution < 1.29 is 23.8 Å². The number of pyridine rings is 2. The van der Waals surface area contributed by atoms with Crippen molar-refractivity contribution in [1.82, 2.24) is 9.55 Å². The van der Waals surface area contributed by atoms with Gasteiger partial charge in [-0.25, -0.2) is 14.2 Å². The van der Waals surface area contributed by atoms with Crippen LogP contribution in [0.4, 0.5) is 21.6 Å². The van der Waals surface area contributed by atoms with Gasteiger partial charge in [-0.1, -0.05) is 48.5 Å². The van der Waals surface area contributed by atoms with Gasteiger partial charge in [0.25, 0.3) is 0 Å². The van der Waals surface area contributed by atoms with Gasteiger partial charge in [-0.2, -0.15) is 0 Å². The molecule has 0 fully saturated rings. The zero-order valence-corrected chi connectivity index (χ0v) is 23.8. The fourth-order valence-electron chi connectivity index (χ4n) is 5.37. The number of methoxy groups -OCH3 is 1. The van der Waals surface area contributed by atoms with E-state index in [-0.39, 0.29) is 35.7 Å². The number of hydrogen-bond donors (Lipinski definition) is 4. The van der Waals surface area contributed by atoms with E-state index in [9.17, 15) is 14.7 Å². The molecule has 44 heavy (non-hydrogen) atoms. The standard InChI is InChI=1S/C33H30FN5O5/c1-43-22-12-10-20(11-13-22)17-38-28-26-30-32(29(27(28)34)37-16-15-36-25-9-5-6-14-35-25)44-19-24(21-7-3-2-4-8-21)39(30)18-23(31(26)40)33(41)42/h2-14,18,24,37-38H,15-17,19H2,1H3,(H,35,36)(H,41,42)/t24-/m0/s1. The summed E-state index contributed by atoms with van der Waals surface area (Å²) in [5.41, 5.74) is 0.653. The third kappa shape index (κ3) is 5.47. The van der Waals surface area contributed by atoms with Crippen LogP contribution in [0.1, 0.15) is 27.5 Å². The molecule has 4 N–H and O–H groups in total. The zero-order valence-electron chi connectivity index (χ0n) is 23.8. The topological polar surface area (TPSA) is 127 Å².